The molecule has 24 heavy (non-hydrogen) atoms. The molecule has 3 heterocycles. The first-order valence-electron chi connectivity index (χ1n) is 7.29. The van der Waals surface area contributed by atoms with Gasteiger partial charge in [0.1, 0.15) is 5.76 Å². The summed E-state index contributed by atoms with van der Waals surface area (Å²) in [5.41, 5.74) is 0.658. The van der Waals surface area contributed by atoms with Crippen molar-refractivity contribution in [2.45, 2.75) is 19.4 Å². The van der Waals surface area contributed by atoms with Gasteiger partial charge in [-0.05, 0) is 18.4 Å². The summed E-state index contributed by atoms with van der Waals surface area (Å²) < 4.78 is 5.62. The van der Waals surface area contributed by atoms with Crippen LogP contribution in [0.5, 0.6) is 0 Å². The highest BCUT2D eigenvalue weighted by Gasteiger charge is 2.25. The van der Waals surface area contributed by atoms with Crippen LogP contribution in [0.3, 0.4) is 0 Å². The Hall–Kier alpha value is -1.12. The topological polar surface area (TPSA) is 87.4 Å². The van der Waals surface area contributed by atoms with Crippen LogP contribution >= 0.6 is 36.2 Å². The van der Waals surface area contributed by atoms with E-state index < -0.39 is 0 Å². The summed E-state index contributed by atoms with van der Waals surface area (Å²) in [6.45, 7) is 3.61. The Morgan fingerprint density at radius 1 is 1.50 bits per heavy atom. The molecule has 9 heteroatoms. The van der Waals surface area contributed by atoms with E-state index in [4.69, 9.17) is 4.42 Å². The normalized spacial score (nSPS) is 19.4. The largest absolute Gasteiger partial charge is 0.440 e. The van der Waals surface area contributed by atoms with Gasteiger partial charge in [-0.3, -0.25) is 4.79 Å². The number of β-amino-alcohol motifs (C(OH)–C–C–N with tert-alkyl or cyclic N) is 1. The predicted octanol–water partition coefficient (Wildman–Crippen LogP) is 1.79. The zero-order valence-electron chi connectivity index (χ0n) is 13.2. The van der Waals surface area contributed by atoms with E-state index >= 15 is 0 Å². The lowest BCUT2D eigenvalue weighted by molar-refractivity contribution is -0.120. The summed E-state index contributed by atoms with van der Waals surface area (Å²) in [5.74, 6) is 1.20. The molecule has 0 aliphatic carbocycles. The number of aliphatic hydroxyl groups is 1. The number of carbonyl (C=O) groups excluding carboxylic acids is 1. The molecule has 0 spiro atoms. The van der Waals surface area contributed by atoms with Gasteiger partial charge in [-0.1, -0.05) is 6.07 Å². The zero-order chi connectivity index (χ0) is 15.5. The van der Waals surface area contributed by atoms with Crippen molar-refractivity contribution in [2.24, 2.45) is 5.92 Å². The van der Waals surface area contributed by atoms with Crippen molar-refractivity contribution in [3.05, 3.63) is 29.0 Å². The highest BCUT2D eigenvalue weighted by Crippen LogP contribution is 2.26. The van der Waals surface area contributed by atoms with Crippen LogP contribution in [0.1, 0.15) is 11.5 Å². The fourth-order valence-corrected chi connectivity index (χ4v) is 3.13. The molecule has 1 fully saturated rings. The van der Waals surface area contributed by atoms with E-state index in [1.165, 1.54) is 0 Å². The van der Waals surface area contributed by atoms with Crippen LogP contribution in [-0.2, 0) is 11.2 Å². The maximum atomic E-state index is 12.0. The molecule has 1 aliphatic heterocycles. The number of thiophene rings is 1. The van der Waals surface area contributed by atoms with Crippen LogP contribution in [0, 0.1) is 12.8 Å². The van der Waals surface area contributed by atoms with Crippen molar-refractivity contribution in [1.29, 1.82) is 0 Å². The monoisotopic (exact) mass is 393 g/mol. The number of carbonyl (C=O) groups is 1. The van der Waals surface area contributed by atoms with Gasteiger partial charge in [0.2, 0.25) is 11.8 Å². The van der Waals surface area contributed by atoms with Crippen LogP contribution in [0.25, 0.3) is 10.8 Å². The first kappa shape index (κ1) is 20.9. The molecule has 1 aliphatic rings. The Morgan fingerprint density at radius 2 is 2.29 bits per heavy atom. The molecular weight excluding hydrogens is 373 g/mol. The third-order valence-corrected chi connectivity index (χ3v) is 4.68. The first-order chi connectivity index (χ1) is 10.6. The van der Waals surface area contributed by atoms with Crippen LogP contribution in [0.2, 0.25) is 0 Å². The van der Waals surface area contributed by atoms with E-state index in [0.29, 0.717) is 30.4 Å². The zero-order valence-corrected chi connectivity index (χ0v) is 15.6. The number of amides is 1. The van der Waals surface area contributed by atoms with E-state index in [-0.39, 0.29) is 49.2 Å². The number of nitrogens with one attached hydrogen (secondary N) is 2. The summed E-state index contributed by atoms with van der Waals surface area (Å²) in [5, 5.41) is 17.6. The molecule has 134 valence electrons. The van der Waals surface area contributed by atoms with Gasteiger partial charge in [-0.25, -0.2) is 4.98 Å². The van der Waals surface area contributed by atoms with E-state index in [1.807, 2.05) is 24.4 Å². The third kappa shape index (κ3) is 4.94. The molecule has 2 unspecified atom stereocenters. The van der Waals surface area contributed by atoms with Crippen molar-refractivity contribution in [3.8, 4) is 10.8 Å². The first-order valence-corrected chi connectivity index (χ1v) is 8.17. The van der Waals surface area contributed by atoms with E-state index in [2.05, 4.69) is 15.6 Å². The molecule has 1 amide bonds. The van der Waals surface area contributed by atoms with Crippen molar-refractivity contribution in [1.82, 2.24) is 15.6 Å². The molecular formula is C15H21Cl2N3O3S. The quantitative estimate of drug-likeness (QED) is 0.720. The molecule has 2 aromatic rings. The number of oxazole rings is 1. The molecule has 0 aromatic carbocycles. The summed E-state index contributed by atoms with van der Waals surface area (Å²) in [6.07, 6.45) is -0.198. The molecule has 2 aromatic heterocycles. The standard InChI is InChI=1S/C15H19N3O3S.2ClH/c1-9-11(18-15(21-9)13-3-2-4-22-13)5-14(20)17-7-10-6-16-8-12(10)19;;/h2-4,10,12,16,19H,5-8H2,1H3,(H,17,20);2*1H. The van der Waals surface area contributed by atoms with Gasteiger partial charge in [0, 0.05) is 25.6 Å². The van der Waals surface area contributed by atoms with Gasteiger partial charge in [-0.2, -0.15) is 0 Å². The van der Waals surface area contributed by atoms with Gasteiger partial charge in [-0.15, -0.1) is 36.2 Å². The van der Waals surface area contributed by atoms with Gasteiger partial charge >= 0.3 is 0 Å². The summed E-state index contributed by atoms with van der Waals surface area (Å²) in [7, 11) is 0. The van der Waals surface area contributed by atoms with Crippen molar-refractivity contribution in [2.75, 3.05) is 19.6 Å². The van der Waals surface area contributed by atoms with Crippen LogP contribution in [0.15, 0.2) is 21.9 Å². The Labute approximate surface area is 156 Å². The number of halogens is 2. The third-order valence-electron chi connectivity index (χ3n) is 3.82. The van der Waals surface area contributed by atoms with Crippen LogP contribution < -0.4 is 10.6 Å². The summed E-state index contributed by atoms with van der Waals surface area (Å²) in [6, 6.07) is 3.88. The average molecular weight is 394 g/mol. The predicted molar refractivity (Wildman–Crippen MR) is 98.1 cm³/mol. The SMILES string of the molecule is Cc1oc(-c2cccs2)nc1CC(=O)NCC1CNCC1O.Cl.Cl. The smallest absolute Gasteiger partial charge is 0.236 e. The number of hydrogen-bond acceptors (Lipinski definition) is 6. The number of aliphatic hydroxyl groups excluding tert-OH is 1. The molecule has 1 saturated heterocycles. The van der Waals surface area contributed by atoms with Gasteiger partial charge < -0.3 is 20.2 Å². The Kier molecular flexibility index (Phi) is 8.18. The number of nitrogens with zero attached hydrogens (tertiary/aromatic N) is 1. The fraction of sp³-hybridized carbons (Fsp3) is 0.467. The van der Waals surface area contributed by atoms with Crippen LogP contribution in [-0.4, -0.2) is 41.7 Å². The minimum Gasteiger partial charge on any atom is -0.440 e. The van der Waals surface area contributed by atoms with Gasteiger partial charge in [0.05, 0.1) is 23.1 Å². The highest BCUT2D eigenvalue weighted by atomic mass is 35.5. The van der Waals surface area contributed by atoms with E-state index in [0.717, 1.165) is 11.4 Å². The van der Waals surface area contributed by atoms with Crippen molar-refractivity contribution < 1.29 is 14.3 Å². The van der Waals surface area contributed by atoms with Crippen molar-refractivity contribution >= 4 is 42.1 Å². The number of hydrogen-bond donors (Lipinski definition) is 3. The minimum atomic E-state index is -0.389. The molecule has 6 nitrogen and oxygen atoms in total. The summed E-state index contributed by atoms with van der Waals surface area (Å²) in [4.78, 5) is 17.4. The maximum Gasteiger partial charge on any atom is 0.236 e. The maximum absolute atomic E-state index is 12.0. The molecule has 0 saturated carbocycles. The lowest BCUT2D eigenvalue weighted by Crippen LogP contribution is -2.35. The Bertz CT molecular complexity index is 648. The van der Waals surface area contributed by atoms with E-state index in [9.17, 15) is 9.90 Å². The lowest BCUT2D eigenvalue weighted by atomic mass is 10.1. The Morgan fingerprint density at radius 3 is 2.92 bits per heavy atom. The lowest BCUT2D eigenvalue weighted by Gasteiger charge is -2.13. The number of rotatable bonds is 5. The highest BCUT2D eigenvalue weighted by molar-refractivity contribution is 7.13. The summed E-state index contributed by atoms with van der Waals surface area (Å²) >= 11 is 1.55. The second kappa shape index (κ2) is 9.39. The molecule has 3 N–H and O–H groups in total. The molecule has 2 atom stereocenters. The minimum absolute atomic E-state index is 0. The second-order valence-corrected chi connectivity index (χ2v) is 6.41. The molecule has 0 bridgehead atoms. The number of aryl methyl sites for hydroxylation is 1. The second-order valence-electron chi connectivity index (χ2n) is 5.47. The average Bonchev–Trinajstić information content (AvgIpc) is 3.19. The van der Waals surface area contributed by atoms with Crippen molar-refractivity contribution in [3.63, 3.8) is 0 Å². The fourth-order valence-electron chi connectivity index (χ4n) is 2.48. The molecule has 3 rings (SSSR count). The Balaban J connectivity index is 0.00000144. The molecule has 0 radical (unpaired) electrons. The van der Waals surface area contributed by atoms with Gasteiger partial charge in [0.15, 0.2) is 0 Å². The van der Waals surface area contributed by atoms with E-state index in [1.54, 1.807) is 11.3 Å². The van der Waals surface area contributed by atoms with Crippen LogP contribution in [0.4, 0.5) is 0 Å². The van der Waals surface area contributed by atoms with Gasteiger partial charge in [0.25, 0.3) is 0 Å². The number of aromatic nitrogens is 1.